The highest BCUT2D eigenvalue weighted by Gasteiger charge is 2.14. The number of benzene rings is 1. The monoisotopic (exact) mass is 387 g/mol. The molecule has 3 heterocycles. The van der Waals surface area contributed by atoms with Crippen molar-refractivity contribution in [2.45, 2.75) is 5.03 Å². The Hall–Kier alpha value is -2.23. The van der Waals surface area contributed by atoms with Crippen molar-refractivity contribution in [2.75, 3.05) is 42.3 Å². The third-order valence-corrected chi connectivity index (χ3v) is 5.73. The number of thioether (sulfide) groups is 1. The smallest absolute Gasteiger partial charge is 0.236 e. The van der Waals surface area contributed by atoms with Crippen molar-refractivity contribution < 1.29 is 9.53 Å². The molecule has 4 rings (SSSR count). The number of hydrogen-bond donors (Lipinski definition) is 1. The maximum absolute atomic E-state index is 12.2. The molecule has 0 unspecified atom stereocenters. The Bertz CT molecular complexity index is 878. The van der Waals surface area contributed by atoms with E-state index >= 15 is 0 Å². The predicted molar refractivity (Wildman–Crippen MR) is 104 cm³/mol. The van der Waals surface area contributed by atoms with E-state index < -0.39 is 0 Å². The number of carbonyl (C=O) groups excluding carboxylic acids is 1. The zero-order valence-corrected chi connectivity index (χ0v) is 15.6. The van der Waals surface area contributed by atoms with E-state index in [4.69, 9.17) is 4.74 Å². The van der Waals surface area contributed by atoms with E-state index in [1.165, 1.54) is 23.1 Å². The Morgan fingerprint density at radius 2 is 2.12 bits per heavy atom. The molecule has 1 N–H and O–H groups in total. The number of ether oxygens (including phenoxy) is 1. The van der Waals surface area contributed by atoms with Gasteiger partial charge in [-0.1, -0.05) is 35.2 Å². The zero-order chi connectivity index (χ0) is 17.8. The number of fused-ring (bicyclic) bond motifs is 1. The normalized spacial score (nSPS) is 14.5. The topological polar surface area (TPSA) is 80.2 Å². The molecule has 0 aliphatic carbocycles. The van der Waals surface area contributed by atoms with Crippen LogP contribution in [0.5, 0.6) is 0 Å². The Labute approximate surface area is 158 Å². The first-order chi connectivity index (χ1) is 12.8. The number of nitrogens with zero attached hydrogens (tertiary/aromatic N) is 4. The van der Waals surface area contributed by atoms with Gasteiger partial charge in [0.05, 0.1) is 29.2 Å². The number of hydrogen-bond acceptors (Lipinski definition) is 8. The van der Waals surface area contributed by atoms with E-state index in [1.54, 1.807) is 6.33 Å². The fourth-order valence-corrected chi connectivity index (χ4v) is 4.14. The minimum absolute atomic E-state index is 0.0967. The predicted octanol–water partition coefficient (Wildman–Crippen LogP) is 2.65. The van der Waals surface area contributed by atoms with Crippen molar-refractivity contribution in [2.24, 2.45) is 0 Å². The summed E-state index contributed by atoms with van der Waals surface area (Å²) in [4.78, 5) is 27.4. The first-order valence-corrected chi connectivity index (χ1v) is 10.0. The summed E-state index contributed by atoms with van der Waals surface area (Å²) in [5.74, 6) is 1.05. The molecular formula is C17H17N5O2S2. The number of para-hydroxylation sites is 1. The molecule has 0 atom stereocenters. The van der Waals surface area contributed by atoms with Crippen molar-refractivity contribution in [3.8, 4) is 0 Å². The fourth-order valence-electron chi connectivity index (χ4n) is 2.59. The molecular weight excluding hydrogens is 370 g/mol. The van der Waals surface area contributed by atoms with Crippen LogP contribution in [0.4, 0.5) is 10.9 Å². The Balaban J connectivity index is 1.35. The largest absolute Gasteiger partial charge is 0.378 e. The molecule has 0 spiro atoms. The number of aromatic nitrogens is 3. The second-order valence-electron chi connectivity index (χ2n) is 5.64. The van der Waals surface area contributed by atoms with Gasteiger partial charge in [-0.15, -0.1) is 0 Å². The standard InChI is InChI=1S/C17H17N5O2S2/c23-15(21-17-20-12-3-1-2-4-13(12)26-17)10-25-16-9-14(18-11-19-16)22-5-7-24-8-6-22/h1-4,9,11H,5-8,10H2,(H,20,21,23). The minimum Gasteiger partial charge on any atom is -0.378 e. The maximum Gasteiger partial charge on any atom is 0.236 e. The van der Waals surface area contributed by atoms with Crippen molar-refractivity contribution >= 4 is 50.2 Å². The van der Waals surface area contributed by atoms with Crippen molar-refractivity contribution in [3.05, 3.63) is 36.7 Å². The van der Waals surface area contributed by atoms with Crippen LogP contribution in [0, 0.1) is 0 Å². The summed E-state index contributed by atoms with van der Waals surface area (Å²) in [6, 6.07) is 9.74. The van der Waals surface area contributed by atoms with Gasteiger partial charge in [-0.2, -0.15) is 0 Å². The van der Waals surface area contributed by atoms with Gasteiger partial charge in [-0.05, 0) is 12.1 Å². The summed E-state index contributed by atoms with van der Waals surface area (Å²) in [5.41, 5.74) is 0.895. The fraction of sp³-hybridized carbons (Fsp3) is 0.294. The third-order valence-electron chi connectivity index (χ3n) is 3.85. The Kier molecular flexibility index (Phi) is 5.28. The van der Waals surface area contributed by atoms with Gasteiger partial charge in [0.25, 0.3) is 0 Å². The molecule has 9 heteroatoms. The molecule has 134 valence electrons. The van der Waals surface area contributed by atoms with Crippen LogP contribution < -0.4 is 10.2 Å². The summed E-state index contributed by atoms with van der Waals surface area (Å²) in [6.07, 6.45) is 1.54. The van der Waals surface area contributed by atoms with Gasteiger partial charge in [0, 0.05) is 19.2 Å². The lowest BCUT2D eigenvalue weighted by molar-refractivity contribution is -0.113. The summed E-state index contributed by atoms with van der Waals surface area (Å²) in [5, 5.41) is 4.25. The van der Waals surface area contributed by atoms with E-state index in [2.05, 4.69) is 25.2 Å². The molecule has 0 saturated carbocycles. The van der Waals surface area contributed by atoms with Crippen LogP contribution in [0.3, 0.4) is 0 Å². The van der Waals surface area contributed by atoms with Crippen LogP contribution in [0.15, 0.2) is 41.7 Å². The highest BCUT2D eigenvalue weighted by Crippen LogP contribution is 2.26. The number of rotatable bonds is 5. The van der Waals surface area contributed by atoms with E-state index in [0.29, 0.717) is 18.3 Å². The highest BCUT2D eigenvalue weighted by molar-refractivity contribution is 7.99. The lowest BCUT2D eigenvalue weighted by Gasteiger charge is -2.27. The van der Waals surface area contributed by atoms with Crippen LogP contribution in [-0.2, 0) is 9.53 Å². The second-order valence-corrected chi connectivity index (χ2v) is 7.66. The maximum atomic E-state index is 12.2. The molecule has 1 saturated heterocycles. The first kappa shape index (κ1) is 17.2. The van der Waals surface area contributed by atoms with Crippen LogP contribution in [0.1, 0.15) is 0 Å². The van der Waals surface area contributed by atoms with Gasteiger partial charge in [-0.25, -0.2) is 15.0 Å². The molecule has 26 heavy (non-hydrogen) atoms. The highest BCUT2D eigenvalue weighted by atomic mass is 32.2. The minimum atomic E-state index is -0.0967. The van der Waals surface area contributed by atoms with Crippen LogP contribution >= 0.6 is 23.1 Å². The quantitative estimate of drug-likeness (QED) is 0.532. The molecule has 0 bridgehead atoms. The van der Waals surface area contributed by atoms with Gasteiger partial charge >= 0.3 is 0 Å². The van der Waals surface area contributed by atoms with E-state index in [1.807, 2.05) is 30.3 Å². The lowest BCUT2D eigenvalue weighted by Crippen LogP contribution is -2.36. The first-order valence-electron chi connectivity index (χ1n) is 8.21. The summed E-state index contributed by atoms with van der Waals surface area (Å²) < 4.78 is 6.42. The van der Waals surface area contributed by atoms with E-state index in [-0.39, 0.29) is 11.7 Å². The van der Waals surface area contributed by atoms with E-state index in [0.717, 1.165) is 34.1 Å². The summed E-state index contributed by atoms with van der Waals surface area (Å²) in [6.45, 7) is 3.05. The summed E-state index contributed by atoms with van der Waals surface area (Å²) >= 11 is 2.86. The third kappa shape index (κ3) is 4.12. The van der Waals surface area contributed by atoms with E-state index in [9.17, 15) is 4.79 Å². The average molecular weight is 387 g/mol. The van der Waals surface area contributed by atoms with Crippen LogP contribution in [-0.4, -0.2) is 52.9 Å². The van der Waals surface area contributed by atoms with Gasteiger partial charge in [-0.3, -0.25) is 4.79 Å². The molecule has 1 fully saturated rings. The number of amides is 1. The summed E-state index contributed by atoms with van der Waals surface area (Å²) in [7, 11) is 0. The number of morpholine rings is 1. The molecule has 0 radical (unpaired) electrons. The molecule has 1 aromatic carbocycles. The molecule has 2 aromatic heterocycles. The Morgan fingerprint density at radius 1 is 1.27 bits per heavy atom. The second kappa shape index (κ2) is 7.98. The van der Waals surface area contributed by atoms with Crippen molar-refractivity contribution in [1.82, 2.24) is 15.0 Å². The van der Waals surface area contributed by atoms with Crippen molar-refractivity contribution in [1.29, 1.82) is 0 Å². The Morgan fingerprint density at radius 3 is 2.96 bits per heavy atom. The van der Waals surface area contributed by atoms with Gasteiger partial charge < -0.3 is 15.0 Å². The zero-order valence-electron chi connectivity index (χ0n) is 13.9. The van der Waals surface area contributed by atoms with Gasteiger partial charge in [0.2, 0.25) is 5.91 Å². The van der Waals surface area contributed by atoms with Gasteiger partial charge in [0.1, 0.15) is 17.2 Å². The number of thiazole rings is 1. The van der Waals surface area contributed by atoms with Gasteiger partial charge in [0.15, 0.2) is 5.13 Å². The average Bonchev–Trinajstić information content (AvgIpc) is 3.09. The number of nitrogens with one attached hydrogen (secondary N) is 1. The lowest BCUT2D eigenvalue weighted by atomic mass is 10.3. The molecule has 1 aliphatic heterocycles. The molecule has 3 aromatic rings. The molecule has 1 amide bonds. The number of carbonyl (C=O) groups is 1. The SMILES string of the molecule is O=C(CSc1cc(N2CCOCC2)ncn1)Nc1nc2ccccc2s1. The van der Waals surface area contributed by atoms with Crippen LogP contribution in [0.2, 0.25) is 0 Å². The van der Waals surface area contributed by atoms with Crippen LogP contribution in [0.25, 0.3) is 10.2 Å². The molecule has 7 nitrogen and oxygen atoms in total. The molecule has 1 aliphatic rings. The van der Waals surface area contributed by atoms with Crippen molar-refractivity contribution in [3.63, 3.8) is 0 Å². The number of anilines is 2.